The molecule has 0 aliphatic heterocycles. The molecular formula is C23H23N3O2. The second kappa shape index (κ2) is 6.59. The zero-order chi connectivity index (χ0) is 19.1. The van der Waals surface area contributed by atoms with E-state index in [4.69, 9.17) is 4.52 Å². The standard InChI is InChI=1S/C23H23N3O2/c1-23(12-11-15-5-2-3-6-19(15)14-23)25-21(27)18-8-4-7-17(13-18)20-24-22(28-26-20)16-9-10-16/h2-8,13,16H,9-12,14H2,1H3,(H,25,27)/t23-/m0/s1. The quantitative estimate of drug-likeness (QED) is 0.741. The van der Waals surface area contributed by atoms with Crippen molar-refractivity contribution in [2.24, 2.45) is 0 Å². The maximum Gasteiger partial charge on any atom is 0.251 e. The summed E-state index contributed by atoms with van der Waals surface area (Å²) in [6.45, 7) is 2.13. The van der Waals surface area contributed by atoms with Crippen LogP contribution in [0.25, 0.3) is 11.4 Å². The van der Waals surface area contributed by atoms with Crippen molar-refractivity contribution in [1.29, 1.82) is 0 Å². The van der Waals surface area contributed by atoms with Gasteiger partial charge in [-0.3, -0.25) is 4.79 Å². The van der Waals surface area contributed by atoms with E-state index in [1.54, 1.807) is 0 Å². The van der Waals surface area contributed by atoms with Gasteiger partial charge in [-0.2, -0.15) is 4.98 Å². The highest BCUT2D eigenvalue weighted by molar-refractivity contribution is 5.95. The SMILES string of the molecule is C[C@]1(NC(=O)c2cccc(-c3noc(C4CC4)n3)c2)CCc2ccccc2C1. The third kappa shape index (κ3) is 3.33. The van der Waals surface area contributed by atoms with Crippen molar-refractivity contribution >= 4 is 5.91 Å². The van der Waals surface area contributed by atoms with Crippen LogP contribution in [-0.2, 0) is 12.8 Å². The molecule has 2 aromatic carbocycles. The molecule has 1 heterocycles. The Morgan fingerprint density at radius 1 is 1.14 bits per heavy atom. The number of carbonyl (C=O) groups excluding carboxylic acids is 1. The van der Waals surface area contributed by atoms with Gasteiger partial charge in [-0.05, 0) is 62.3 Å². The smallest absolute Gasteiger partial charge is 0.251 e. The Kier molecular flexibility index (Phi) is 4.04. The molecule has 2 aliphatic carbocycles. The maximum atomic E-state index is 13.0. The van der Waals surface area contributed by atoms with Crippen molar-refractivity contribution in [1.82, 2.24) is 15.5 Å². The van der Waals surface area contributed by atoms with Gasteiger partial charge < -0.3 is 9.84 Å². The van der Waals surface area contributed by atoms with Gasteiger partial charge in [-0.1, -0.05) is 41.6 Å². The number of benzene rings is 2. The highest BCUT2D eigenvalue weighted by atomic mass is 16.5. The van der Waals surface area contributed by atoms with E-state index in [1.807, 2.05) is 24.3 Å². The molecule has 1 saturated carbocycles. The van der Waals surface area contributed by atoms with Crippen LogP contribution in [0.1, 0.15) is 59.5 Å². The first-order valence-electron chi connectivity index (χ1n) is 9.93. The lowest BCUT2D eigenvalue weighted by Crippen LogP contribution is -2.49. The minimum Gasteiger partial charge on any atom is -0.347 e. The van der Waals surface area contributed by atoms with Crippen molar-refractivity contribution in [2.45, 2.75) is 50.5 Å². The number of nitrogens with one attached hydrogen (secondary N) is 1. The van der Waals surface area contributed by atoms with Gasteiger partial charge in [-0.25, -0.2) is 0 Å². The summed E-state index contributed by atoms with van der Waals surface area (Å²) in [5, 5.41) is 7.35. The summed E-state index contributed by atoms with van der Waals surface area (Å²) in [4.78, 5) is 17.4. The summed E-state index contributed by atoms with van der Waals surface area (Å²) in [5.74, 6) is 1.61. The molecule has 1 fully saturated rings. The van der Waals surface area contributed by atoms with E-state index in [-0.39, 0.29) is 11.4 Å². The van der Waals surface area contributed by atoms with Crippen LogP contribution in [0.15, 0.2) is 53.1 Å². The average Bonchev–Trinajstić information content (AvgIpc) is 3.44. The monoisotopic (exact) mass is 373 g/mol. The molecule has 0 unspecified atom stereocenters. The Morgan fingerprint density at radius 3 is 2.79 bits per heavy atom. The number of aromatic nitrogens is 2. The van der Waals surface area contributed by atoms with Crippen LogP contribution in [-0.4, -0.2) is 21.6 Å². The molecule has 1 atom stereocenters. The third-order valence-electron chi connectivity index (χ3n) is 5.81. The van der Waals surface area contributed by atoms with Crippen molar-refractivity contribution in [3.8, 4) is 11.4 Å². The third-order valence-corrected chi connectivity index (χ3v) is 5.81. The molecule has 0 saturated heterocycles. The van der Waals surface area contributed by atoms with Gasteiger partial charge in [0.15, 0.2) is 0 Å². The molecule has 0 bridgehead atoms. The number of amides is 1. The van der Waals surface area contributed by atoms with Gasteiger partial charge >= 0.3 is 0 Å². The summed E-state index contributed by atoms with van der Waals surface area (Å²) < 4.78 is 5.35. The van der Waals surface area contributed by atoms with Crippen LogP contribution < -0.4 is 5.32 Å². The molecule has 5 heteroatoms. The first-order valence-corrected chi connectivity index (χ1v) is 9.93. The van der Waals surface area contributed by atoms with Gasteiger partial charge in [-0.15, -0.1) is 0 Å². The van der Waals surface area contributed by atoms with E-state index in [9.17, 15) is 4.79 Å². The topological polar surface area (TPSA) is 68.0 Å². The van der Waals surface area contributed by atoms with Gasteiger partial charge in [0, 0.05) is 22.6 Å². The number of hydrogen-bond acceptors (Lipinski definition) is 4. The van der Waals surface area contributed by atoms with Crippen LogP contribution in [0.4, 0.5) is 0 Å². The van der Waals surface area contributed by atoms with Gasteiger partial charge in [0.05, 0.1) is 0 Å². The van der Waals surface area contributed by atoms with Crippen molar-refractivity contribution < 1.29 is 9.32 Å². The van der Waals surface area contributed by atoms with Crippen molar-refractivity contribution in [3.63, 3.8) is 0 Å². The van der Waals surface area contributed by atoms with E-state index >= 15 is 0 Å². The molecule has 1 amide bonds. The number of hydrogen-bond donors (Lipinski definition) is 1. The largest absolute Gasteiger partial charge is 0.347 e. The fourth-order valence-corrected chi connectivity index (χ4v) is 3.99. The highest BCUT2D eigenvalue weighted by Gasteiger charge is 2.32. The second-order valence-electron chi connectivity index (χ2n) is 8.27. The average molecular weight is 373 g/mol. The predicted octanol–water partition coefficient (Wildman–Crippen LogP) is 4.29. The van der Waals surface area contributed by atoms with Crippen LogP contribution in [0.2, 0.25) is 0 Å². The van der Waals surface area contributed by atoms with E-state index < -0.39 is 0 Å². The fourth-order valence-electron chi connectivity index (χ4n) is 3.99. The minimum atomic E-state index is -0.243. The Morgan fingerprint density at radius 2 is 1.96 bits per heavy atom. The Bertz CT molecular complexity index is 1040. The Hall–Kier alpha value is -2.95. The highest BCUT2D eigenvalue weighted by Crippen LogP contribution is 2.39. The molecule has 28 heavy (non-hydrogen) atoms. The molecule has 0 radical (unpaired) electrons. The zero-order valence-electron chi connectivity index (χ0n) is 15.9. The van der Waals surface area contributed by atoms with Gasteiger partial charge in [0.1, 0.15) is 0 Å². The fraction of sp³-hybridized carbons (Fsp3) is 0.348. The molecule has 5 nitrogen and oxygen atoms in total. The van der Waals surface area contributed by atoms with E-state index in [0.29, 0.717) is 23.2 Å². The first-order chi connectivity index (χ1) is 13.6. The van der Waals surface area contributed by atoms with E-state index in [0.717, 1.165) is 37.7 Å². The van der Waals surface area contributed by atoms with Crippen molar-refractivity contribution in [3.05, 3.63) is 71.1 Å². The van der Waals surface area contributed by atoms with Crippen LogP contribution in [0.3, 0.4) is 0 Å². The maximum absolute atomic E-state index is 13.0. The predicted molar refractivity (Wildman–Crippen MR) is 106 cm³/mol. The van der Waals surface area contributed by atoms with Gasteiger partial charge in [0.2, 0.25) is 11.7 Å². The summed E-state index contributed by atoms with van der Waals surface area (Å²) in [6.07, 6.45) is 5.01. The van der Waals surface area contributed by atoms with Crippen molar-refractivity contribution in [2.75, 3.05) is 0 Å². The number of carbonyl (C=O) groups is 1. The number of rotatable bonds is 4. The first kappa shape index (κ1) is 17.2. The van der Waals surface area contributed by atoms with Gasteiger partial charge in [0.25, 0.3) is 5.91 Å². The molecular weight excluding hydrogens is 350 g/mol. The molecule has 2 aliphatic rings. The van der Waals surface area contributed by atoms with Crippen LogP contribution in [0.5, 0.6) is 0 Å². The summed E-state index contributed by atoms with van der Waals surface area (Å²) in [7, 11) is 0. The lowest BCUT2D eigenvalue weighted by molar-refractivity contribution is 0.0898. The lowest BCUT2D eigenvalue weighted by Gasteiger charge is -2.36. The Balaban J connectivity index is 1.34. The molecule has 5 rings (SSSR count). The molecule has 1 aromatic heterocycles. The number of aryl methyl sites for hydroxylation is 1. The molecule has 142 valence electrons. The van der Waals surface area contributed by atoms with Crippen LogP contribution >= 0.6 is 0 Å². The van der Waals surface area contributed by atoms with Crippen LogP contribution in [0, 0.1) is 0 Å². The number of nitrogens with zero attached hydrogens (tertiary/aromatic N) is 2. The van der Waals surface area contributed by atoms with E-state index in [2.05, 4.69) is 46.6 Å². The minimum absolute atomic E-state index is 0.0605. The van der Waals surface area contributed by atoms with E-state index in [1.165, 1.54) is 11.1 Å². The zero-order valence-corrected chi connectivity index (χ0v) is 15.9. The number of fused-ring (bicyclic) bond motifs is 1. The molecule has 3 aromatic rings. The molecule has 1 N–H and O–H groups in total. The summed E-state index contributed by atoms with van der Waals surface area (Å²) in [6, 6.07) is 16.0. The lowest BCUT2D eigenvalue weighted by atomic mass is 9.79. The Labute approximate surface area is 164 Å². The summed E-state index contributed by atoms with van der Waals surface area (Å²) >= 11 is 0. The molecule has 0 spiro atoms. The second-order valence-corrected chi connectivity index (χ2v) is 8.27. The summed E-state index contributed by atoms with van der Waals surface area (Å²) in [5.41, 5.74) is 3.90. The normalized spacial score (nSPS) is 21.2.